The van der Waals surface area contributed by atoms with Crippen molar-refractivity contribution in [1.82, 2.24) is 10.2 Å². The predicted molar refractivity (Wildman–Crippen MR) is 82.3 cm³/mol. The van der Waals surface area contributed by atoms with Gasteiger partial charge in [0.1, 0.15) is 0 Å². The summed E-state index contributed by atoms with van der Waals surface area (Å²) in [6.45, 7) is 7.60. The van der Waals surface area contributed by atoms with Gasteiger partial charge >= 0.3 is 0 Å². The molecule has 2 fully saturated rings. The standard InChI is InChI=1S/C15H28N2OS/c1-4-6-8-12-14(18)17(13(5-2)16-12)11-15(3)9-7-10-19-15/h12-13,16H,4-11H2,1-3H3. The third-order valence-corrected chi connectivity index (χ3v) is 5.91. The molecule has 0 saturated carbocycles. The minimum Gasteiger partial charge on any atom is -0.324 e. The van der Waals surface area contributed by atoms with Gasteiger partial charge in [-0.3, -0.25) is 10.1 Å². The van der Waals surface area contributed by atoms with Crippen LogP contribution in [0.5, 0.6) is 0 Å². The number of nitrogens with zero attached hydrogens (tertiary/aromatic N) is 1. The van der Waals surface area contributed by atoms with Crippen LogP contribution in [0.4, 0.5) is 0 Å². The van der Waals surface area contributed by atoms with Crippen LogP contribution in [-0.2, 0) is 4.79 Å². The van der Waals surface area contributed by atoms with Crippen LogP contribution in [0.1, 0.15) is 59.3 Å². The lowest BCUT2D eigenvalue weighted by molar-refractivity contribution is -0.130. The molecule has 0 bridgehead atoms. The summed E-state index contributed by atoms with van der Waals surface area (Å²) in [5, 5.41) is 3.53. The molecule has 0 aromatic rings. The molecule has 0 aromatic heterocycles. The van der Waals surface area contributed by atoms with Crippen LogP contribution in [0.2, 0.25) is 0 Å². The van der Waals surface area contributed by atoms with E-state index in [-0.39, 0.29) is 17.0 Å². The summed E-state index contributed by atoms with van der Waals surface area (Å²) in [7, 11) is 0. The van der Waals surface area contributed by atoms with Crippen molar-refractivity contribution < 1.29 is 4.79 Å². The Morgan fingerprint density at radius 2 is 2.26 bits per heavy atom. The van der Waals surface area contributed by atoms with Crippen molar-refractivity contribution in [2.75, 3.05) is 12.3 Å². The van der Waals surface area contributed by atoms with Crippen molar-refractivity contribution in [2.24, 2.45) is 0 Å². The highest BCUT2D eigenvalue weighted by Crippen LogP contribution is 2.39. The van der Waals surface area contributed by atoms with Gasteiger partial charge in [0.15, 0.2) is 0 Å². The Hall–Kier alpha value is -0.220. The zero-order valence-corrected chi connectivity index (χ0v) is 13.4. The first kappa shape index (κ1) is 15.2. The molecule has 19 heavy (non-hydrogen) atoms. The SMILES string of the molecule is CCCCC1NC(CC)N(CC2(C)CCCS2)C1=O. The smallest absolute Gasteiger partial charge is 0.241 e. The highest BCUT2D eigenvalue weighted by Gasteiger charge is 2.42. The summed E-state index contributed by atoms with van der Waals surface area (Å²) in [5.74, 6) is 1.59. The lowest BCUT2D eigenvalue weighted by atomic mass is 10.0. The molecular formula is C15H28N2OS. The molecule has 2 rings (SSSR count). The number of amides is 1. The van der Waals surface area contributed by atoms with Crippen LogP contribution in [0, 0.1) is 0 Å². The Bertz CT molecular complexity index is 315. The van der Waals surface area contributed by atoms with E-state index in [1.165, 1.54) is 18.6 Å². The molecule has 1 amide bonds. The minimum absolute atomic E-state index is 0.0694. The molecule has 3 nitrogen and oxygen atoms in total. The van der Waals surface area contributed by atoms with Crippen LogP contribution in [0.25, 0.3) is 0 Å². The maximum absolute atomic E-state index is 12.6. The number of carbonyl (C=O) groups is 1. The quantitative estimate of drug-likeness (QED) is 0.814. The first-order valence-electron chi connectivity index (χ1n) is 7.80. The van der Waals surface area contributed by atoms with Crippen LogP contribution in [-0.4, -0.2) is 40.1 Å². The summed E-state index contributed by atoms with van der Waals surface area (Å²) in [6.07, 6.45) is 7.11. The van der Waals surface area contributed by atoms with E-state index in [1.807, 2.05) is 11.8 Å². The van der Waals surface area contributed by atoms with E-state index in [2.05, 4.69) is 31.0 Å². The van der Waals surface area contributed by atoms with Crippen molar-refractivity contribution in [2.45, 2.75) is 76.3 Å². The van der Waals surface area contributed by atoms with E-state index in [4.69, 9.17) is 0 Å². The molecular weight excluding hydrogens is 256 g/mol. The maximum Gasteiger partial charge on any atom is 0.241 e. The molecule has 3 atom stereocenters. The monoisotopic (exact) mass is 284 g/mol. The van der Waals surface area contributed by atoms with Crippen molar-refractivity contribution >= 4 is 17.7 Å². The van der Waals surface area contributed by atoms with Gasteiger partial charge in [0.2, 0.25) is 5.91 Å². The van der Waals surface area contributed by atoms with E-state index >= 15 is 0 Å². The van der Waals surface area contributed by atoms with Crippen molar-refractivity contribution in [3.63, 3.8) is 0 Å². The van der Waals surface area contributed by atoms with E-state index in [0.29, 0.717) is 5.91 Å². The first-order chi connectivity index (χ1) is 9.09. The van der Waals surface area contributed by atoms with Crippen LogP contribution >= 0.6 is 11.8 Å². The lowest BCUT2D eigenvalue weighted by Gasteiger charge is -2.32. The first-order valence-corrected chi connectivity index (χ1v) is 8.78. The molecule has 2 saturated heterocycles. The fourth-order valence-electron chi connectivity index (χ4n) is 3.21. The fraction of sp³-hybridized carbons (Fsp3) is 0.933. The molecule has 4 heteroatoms. The van der Waals surface area contributed by atoms with Crippen LogP contribution < -0.4 is 5.32 Å². The summed E-state index contributed by atoms with van der Waals surface area (Å²) in [4.78, 5) is 14.7. The van der Waals surface area contributed by atoms with Crippen LogP contribution in [0.3, 0.4) is 0 Å². The Morgan fingerprint density at radius 1 is 1.47 bits per heavy atom. The highest BCUT2D eigenvalue weighted by molar-refractivity contribution is 8.00. The van der Waals surface area contributed by atoms with Gasteiger partial charge in [-0.25, -0.2) is 0 Å². The maximum atomic E-state index is 12.6. The van der Waals surface area contributed by atoms with Crippen molar-refractivity contribution in [3.05, 3.63) is 0 Å². The van der Waals surface area contributed by atoms with Gasteiger partial charge in [0.25, 0.3) is 0 Å². The summed E-state index contributed by atoms with van der Waals surface area (Å²) >= 11 is 2.04. The molecule has 1 N–H and O–H groups in total. The largest absolute Gasteiger partial charge is 0.324 e. The molecule has 0 spiro atoms. The van der Waals surface area contributed by atoms with Gasteiger partial charge in [-0.15, -0.1) is 0 Å². The highest BCUT2D eigenvalue weighted by atomic mass is 32.2. The fourth-order valence-corrected chi connectivity index (χ4v) is 4.51. The number of hydrogen-bond acceptors (Lipinski definition) is 3. The molecule has 2 aliphatic heterocycles. The second-order valence-corrected chi connectivity index (χ2v) is 7.84. The molecule has 2 heterocycles. The Morgan fingerprint density at radius 3 is 2.84 bits per heavy atom. The van der Waals surface area contributed by atoms with Gasteiger partial charge in [0.05, 0.1) is 12.2 Å². The predicted octanol–water partition coefficient (Wildman–Crippen LogP) is 3.00. The Kier molecular flexibility index (Phi) is 5.18. The summed E-state index contributed by atoms with van der Waals surface area (Å²) < 4.78 is 0.282. The number of carbonyl (C=O) groups excluding carboxylic acids is 1. The van der Waals surface area contributed by atoms with Crippen molar-refractivity contribution in [3.8, 4) is 0 Å². The zero-order chi connectivity index (χ0) is 13.9. The van der Waals surface area contributed by atoms with Crippen LogP contribution in [0.15, 0.2) is 0 Å². The summed E-state index contributed by atoms with van der Waals surface area (Å²) in [6, 6.07) is 0.0694. The van der Waals surface area contributed by atoms with Gasteiger partial charge < -0.3 is 4.90 Å². The van der Waals surface area contributed by atoms with Gasteiger partial charge in [-0.2, -0.15) is 11.8 Å². The van der Waals surface area contributed by atoms with Gasteiger partial charge in [-0.05, 0) is 38.4 Å². The Labute approximate surface area is 121 Å². The van der Waals surface area contributed by atoms with Crippen molar-refractivity contribution in [1.29, 1.82) is 0 Å². The molecule has 110 valence electrons. The molecule has 0 radical (unpaired) electrons. The molecule has 3 unspecified atom stereocenters. The van der Waals surface area contributed by atoms with E-state index in [0.717, 1.165) is 32.2 Å². The molecule has 0 aliphatic carbocycles. The number of unbranched alkanes of at least 4 members (excludes halogenated alkanes) is 1. The Balaban J connectivity index is 1.99. The number of rotatable bonds is 6. The molecule has 2 aliphatic rings. The van der Waals surface area contributed by atoms with Gasteiger partial charge in [0, 0.05) is 11.3 Å². The van der Waals surface area contributed by atoms with E-state index in [9.17, 15) is 4.79 Å². The average molecular weight is 284 g/mol. The molecule has 0 aromatic carbocycles. The van der Waals surface area contributed by atoms with Gasteiger partial charge in [-0.1, -0.05) is 26.7 Å². The number of nitrogens with one attached hydrogen (secondary N) is 1. The van der Waals surface area contributed by atoms with E-state index in [1.54, 1.807) is 0 Å². The topological polar surface area (TPSA) is 32.3 Å². The second-order valence-electron chi connectivity index (χ2n) is 6.15. The third-order valence-electron chi connectivity index (χ3n) is 4.39. The lowest BCUT2D eigenvalue weighted by Crippen LogP contribution is -2.44. The minimum atomic E-state index is 0.0694. The third kappa shape index (κ3) is 3.46. The average Bonchev–Trinajstić information content (AvgIpc) is 2.94. The summed E-state index contributed by atoms with van der Waals surface area (Å²) in [5.41, 5.74) is 0. The second kappa shape index (κ2) is 6.49. The normalized spacial score (nSPS) is 35.3. The number of thioether (sulfide) groups is 1. The number of hydrogen-bond donors (Lipinski definition) is 1. The zero-order valence-electron chi connectivity index (χ0n) is 12.6. The van der Waals surface area contributed by atoms with E-state index < -0.39 is 0 Å².